The fourth-order valence-corrected chi connectivity index (χ4v) is 1.82. The molecule has 1 atom stereocenters. The Morgan fingerprint density at radius 3 is 2.71 bits per heavy atom. The second-order valence-electron chi connectivity index (χ2n) is 4.00. The minimum absolute atomic E-state index is 0.0779. The minimum atomic E-state index is -0.0779. The van der Waals surface area contributed by atoms with Gasteiger partial charge in [-0.3, -0.25) is 0 Å². The van der Waals surface area contributed by atoms with Gasteiger partial charge >= 0.3 is 0 Å². The topological polar surface area (TPSA) is 0 Å². The van der Waals surface area contributed by atoms with E-state index in [0.717, 1.165) is 12.0 Å². The summed E-state index contributed by atoms with van der Waals surface area (Å²) >= 11 is 0. The van der Waals surface area contributed by atoms with Crippen molar-refractivity contribution in [2.75, 3.05) is 0 Å². The van der Waals surface area contributed by atoms with Crippen molar-refractivity contribution in [1.82, 2.24) is 0 Å². The van der Waals surface area contributed by atoms with Gasteiger partial charge in [0.2, 0.25) is 0 Å². The first-order valence-corrected chi connectivity index (χ1v) is 5.41. The fraction of sp³-hybridized carbons (Fsp3) is 0.538. The van der Waals surface area contributed by atoms with E-state index in [2.05, 4.69) is 13.8 Å². The number of unbranched alkanes of at least 4 members (excludes halogenated alkanes) is 1. The molecule has 0 N–H and O–H groups in total. The van der Waals surface area contributed by atoms with Crippen LogP contribution in [0.4, 0.5) is 4.39 Å². The SMILES string of the molecule is CCCCC(C)c1cccc(F)c1C. The molecular formula is C13H19F. The lowest BCUT2D eigenvalue weighted by molar-refractivity contribution is 0.592. The molecule has 0 aliphatic rings. The summed E-state index contributed by atoms with van der Waals surface area (Å²) < 4.78 is 13.3. The lowest BCUT2D eigenvalue weighted by atomic mass is 9.92. The molecule has 0 saturated heterocycles. The Labute approximate surface area is 86.2 Å². The first-order valence-electron chi connectivity index (χ1n) is 5.41. The van der Waals surface area contributed by atoms with Crippen LogP contribution in [0.25, 0.3) is 0 Å². The fourth-order valence-electron chi connectivity index (χ4n) is 1.82. The second-order valence-corrected chi connectivity index (χ2v) is 4.00. The van der Waals surface area contributed by atoms with Crippen molar-refractivity contribution in [2.24, 2.45) is 0 Å². The Morgan fingerprint density at radius 2 is 2.07 bits per heavy atom. The summed E-state index contributed by atoms with van der Waals surface area (Å²) in [6, 6.07) is 5.38. The third-order valence-corrected chi connectivity index (χ3v) is 2.83. The van der Waals surface area contributed by atoms with E-state index >= 15 is 0 Å². The molecule has 0 radical (unpaired) electrons. The van der Waals surface area contributed by atoms with Gasteiger partial charge in [-0.2, -0.15) is 0 Å². The van der Waals surface area contributed by atoms with E-state index in [-0.39, 0.29) is 5.82 Å². The molecule has 1 heteroatoms. The first-order chi connectivity index (χ1) is 6.66. The van der Waals surface area contributed by atoms with E-state index in [1.165, 1.54) is 24.5 Å². The molecule has 0 fully saturated rings. The van der Waals surface area contributed by atoms with Crippen LogP contribution in [0.1, 0.15) is 50.2 Å². The van der Waals surface area contributed by atoms with Crippen molar-refractivity contribution in [3.63, 3.8) is 0 Å². The molecular weight excluding hydrogens is 175 g/mol. The van der Waals surface area contributed by atoms with Crippen LogP contribution in [0.5, 0.6) is 0 Å². The van der Waals surface area contributed by atoms with E-state index < -0.39 is 0 Å². The molecule has 0 aromatic heterocycles. The molecule has 0 nitrogen and oxygen atoms in total. The maximum Gasteiger partial charge on any atom is 0.126 e. The highest BCUT2D eigenvalue weighted by Gasteiger charge is 2.09. The first kappa shape index (κ1) is 11.2. The van der Waals surface area contributed by atoms with Crippen molar-refractivity contribution in [1.29, 1.82) is 0 Å². The van der Waals surface area contributed by atoms with Gasteiger partial charge in [0.05, 0.1) is 0 Å². The van der Waals surface area contributed by atoms with Gasteiger partial charge < -0.3 is 0 Å². The maximum atomic E-state index is 13.3. The van der Waals surface area contributed by atoms with Crippen molar-refractivity contribution in [3.8, 4) is 0 Å². The molecule has 0 bridgehead atoms. The highest BCUT2D eigenvalue weighted by Crippen LogP contribution is 2.25. The van der Waals surface area contributed by atoms with Crippen molar-refractivity contribution < 1.29 is 4.39 Å². The van der Waals surface area contributed by atoms with Gasteiger partial charge in [0.15, 0.2) is 0 Å². The van der Waals surface area contributed by atoms with Gasteiger partial charge in [-0.25, -0.2) is 4.39 Å². The van der Waals surface area contributed by atoms with Crippen molar-refractivity contribution >= 4 is 0 Å². The van der Waals surface area contributed by atoms with Crippen LogP contribution in [0.15, 0.2) is 18.2 Å². The zero-order valence-corrected chi connectivity index (χ0v) is 9.31. The molecule has 0 saturated carbocycles. The van der Waals surface area contributed by atoms with Gasteiger partial charge in [-0.05, 0) is 36.5 Å². The van der Waals surface area contributed by atoms with Crippen LogP contribution < -0.4 is 0 Å². The standard InChI is InChI=1S/C13H19F/c1-4-5-7-10(2)12-8-6-9-13(14)11(12)3/h6,8-10H,4-5,7H2,1-3H3. The summed E-state index contributed by atoms with van der Waals surface area (Å²) in [6.07, 6.45) is 3.58. The lowest BCUT2D eigenvalue weighted by Gasteiger charge is -2.14. The van der Waals surface area contributed by atoms with Crippen LogP contribution in [0.3, 0.4) is 0 Å². The molecule has 0 spiro atoms. The van der Waals surface area contributed by atoms with Crippen LogP contribution in [0, 0.1) is 12.7 Å². The number of hydrogen-bond donors (Lipinski definition) is 0. The van der Waals surface area contributed by atoms with E-state index in [4.69, 9.17) is 0 Å². The maximum absolute atomic E-state index is 13.3. The Morgan fingerprint density at radius 1 is 1.36 bits per heavy atom. The second kappa shape index (κ2) is 5.14. The predicted octanol–water partition coefficient (Wildman–Crippen LogP) is 4.43. The van der Waals surface area contributed by atoms with Crippen molar-refractivity contribution in [2.45, 2.75) is 46.0 Å². The summed E-state index contributed by atoms with van der Waals surface area (Å²) in [5.41, 5.74) is 1.98. The highest BCUT2D eigenvalue weighted by atomic mass is 19.1. The van der Waals surface area contributed by atoms with Crippen LogP contribution in [-0.2, 0) is 0 Å². The molecule has 0 amide bonds. The lowest BCUT2D eigenvalue weighted by Crippen LogP contribution is -1.98. The summed E-state index contributed by atoms with van der Waals surface area (Å²) in [5.74, 6) is 0.400. The molecule has 1 aromatic carbocycles. The number of rotatable bonds is 4. The molecule has 0 heterocycles. The molecule has 1 rings (SSSR count). The van der Waals surface area contributed by atoms with Crippen molar-refractivity contribution in [3.05, 3.63) is 35.1 Å². The molecule has 0 aliphatic heterocycles. The largest absolute Gasteiger partial charge is 0.207 e. The van der Waals surface area contributed by atoms with Gasteiger partial charge in [0.25, 0.3) is 0 Å². The zero-order chi connectivity index (χ0) is 10.6. The van der Waals surface area contributed by atoms with E-state index in [1.807, 2.05) is 13.0 Å². The van der Waals surface area contributed by atoms with E-state index in [0.29, 0.717) is 5.92 Å². The van der Waals surface area contributed by atoms with E-state index in [1.54, 1.807) is 6.07 Å². The Bertz CT molecular complexity index is 291. The molecule has 1 aromatic rings. The third-order valence-electron chi connectivity index (χ3n) is 2.83. The van der Waals surface area contributed by atoms with Gasteiger partial charge in [-0.1, -0.05) is 38.8 Å². The van der Waals surface area contributed by atoms with Gasteiger partial charge in [-0.15, -0.1) is 0 Å². The molecule has 78 valence electrons. The van der Waals surface area contributed by atoms with Crippen LogP contribution in [-0.4, -0.2) is 0 Å². The minimum Gasteiger partial charge on any atom is -0.207 e. The third kappa shape index (κ3) is 2.57. The van der Waals surface area contributed by atoms with E-state index in [9.17, 15) is 4.39 Å². The number of halogens is 1. The summed E-state index contributed by atoms with van der Waals surface area (Å²) in [4.78, 5) is 0. The highest BCUT2D eigenvalue weighted by molar-refractivity contribution is 5.30. The summed E-state index contributed by atoms with van der Waals surface area (Å²) in [7, 11) is 0. The van der Waals surface area contributed by atoms with Gasteiger partial charge in [0.1, 0.15) is 5.82 Å². The summed E-state index contributed by atoms with van der Waals surface area (Å²) in [5, 5.41) is 0. The number of benzene rings is 1. The van der Waals surface area contributed by atoms with Crippen LogP contribution in [0.2, 0.25) is 0 Å². The smallest absolute Gasteiger partial charge is 0.126 e. The monoisotopic (exact) mass is 194 g/mol. The Kier molecular flexibility index (Phi) is 4.12. The quantitative estimate of drug-likeness (QED) is 0.665. The predicted molar refractivity (Wildman–Crippen MR) is 59.1 cm³/mol. The zero-order valence-electron chi connectivity index (χ0n) is 9.31. The molecule has 0 aliphatic carbocycles. The number of hydrogen-bond acceptors (Lipinski definition) is 0. The normalized spacial score (nSPS) is 12.9. The molecule has 1 unspecified atom stereocenters. The Balaban J connectivity index is 2.79. The van der Waals surface area contributed by atoms with Gasteiger partial charge in [0, 0.05) is 0 Å². The summed E-state index contributed by atoms with van der Waals surface area (Å²) in [6.45, 7) is 6.23. The average molecular weight is 194 g/mol. The molecule has 14 heavy (non-hydrogen) atoms. The average Bonchev–Trinajstić information content (AvgIpc) is 2.18. The Hall–Kier alpha value is -0.850. The van der Waals surface area contributed by atoms with Crippen LogP contribution >= 0.6 is 0 Å².